The van der Waals surface area contributed by atoms with Gasteiger partial charge in [0.2, 0.25) is 0 Å². The normalized spacial score (nSPS) is 16.3. The predicted molar refractivity (Wildman–Crippen MR) is 125 cm³/mol. The highest BCUT2D eigenvalue weighted by molar-refractivity contribution is 6.02. The molecule has 7 nitrogen and oxygen atoms in total. The van der Waals surface area contributed by atoms with E-state index < -0.39 is 17.9 Å². The lowest BCUT2D eigenvalue weighted by Crippen LogP contribution is -2.33. The molecule has 2 aromatic carbocycles. The Hall–Kier alpha value is -3.61. The number of carbonyl (C=O) groups is 2. The lowest BCUT2D eigenvalue weighted by Gasteiger charge is -2.30. The maximum Gasteiger partial charge on any atom is 0.338 e. The van der Waals surface area contributed by atoms with Gasteiger partial charge >= 0.3 is 11.9 Å². The zero-order valence-electron chi connectivity index (χ0n) is 19.1. The van der Waals surface area contributed by atoms with Crippen LogP contribution in [0.3, 0.4) is 0 Å². The summed E-state index contributed by atoms with van der Waals surface area (Å²) in [4.78, 5) is 32.6. The second-order valence-corrected chi connectivity index (χ2v) is 7.58. The zero-order chi connectivity index (χ0) is 23.3. The Morgan fingerprint density at radius 2 is 1.62 bits per heavy atom. The van der Waals surface area contributed by atoms with Crippen molar-refractivity contribution in [1.82, 2.24) is 10.2 Å². The molecule has 0 radical (unpaired) electrons. The van der Waals surface area contributed by atoms with Crippen LogP contribution in [0.1, 0.15) is 32.3 Å². The van der Waals surface area contributed by atoms with Crippen molar-refractivity contribution in [1.29, 1.82) is 0 Å². The molecule has 1 heterocycles. The summed E-state index contributed by atoms with van der Waals surface area (Å²) in [5.74, 6) is -1.36. The van der Waals surface area contributed by atoms with E-state index in [1.165, 1.54) is 0 Å². The summed E-state index contributed by atoms with van der Waals surface area (Å²) < 4.78 is 10.8. The van der Waals surface area contributed by atoms with Gasteiger partial charge in [0.25, 0.3) is 0 Å². The molecule has 0 aliphatic carbocycles. The van der Waals surface area contributed by atoms with Crippen molar-refractivity contribution in [3.63, 3.8) is 0 Å². The average molecular weight is 436 g/mol. The van der Waals surface area contributed by atoms with Gasteiger partial charge in [-0.1, -0.05) is 42.5 Å². The monoisotopic (exact) mass is 435 g/mol. The number of esters is 2. The van der Waals surface area contributed by atoms with E-state index in [-0.39, 0.29) is 18.8 Å². The summed E-state index contributed by atoms with van der Waals surface area (Å²) >= 11 is 0. The number of nitrogens with zero attached hydrogens (tertiary/aromatic N) is 2. The number of nitrogens with one attached hydrogen (secondary N) is 1. The van der Waals surface area contributed by atoms with Crippen molar-refractivity contribution < 1.29 is 19.1 Å². The van der Waals surface area contributed by atoms with Gasteiger partial charge in [-0.15, -0.1) is 0 Å². The van der Waals surface area contributed by atoms with Crippen LogP contribution in [-0.2, 0) is 19.1 Å². The fourth-order valence-electron chi connectivity index (χ4n) is 3.80. The highest BCUT2D eigenvalue weighted by Gasteiger charge is 2.39. The smallest absolute Gasteiger partial charge is 0.338 e. The molecular formula is C25H29N3O4. The molecule has 7 heteroatoms. The largest absolute Gasteiger partial charge is 0.463 e. The second-order valence-electron chi connectivity index (χ2n) is 7.58. The Morgan fingerprint density at radius 3 is 2.28 bits per heavy atom. The van der Waals surface area contributed by atoms with Crippen molar-refractivity contribution in [3.05, 3.63) is 70.7 Å². The number of ether oxygens (including phenoxy) is 2. The molecule has 0 fully saturated rings. The van der Waals surface area contributed by atoms with Crippen molar-refractivity contribution in [2.45, 2.75) is 26.7 Å². The molecule has 0 saturated heterocycles. The van der Waals surface area contributed by atoms with E-state index in [0.717, 1.165) is 16.3 Å². The van der Waals surface area contributed by atoms with Gasteiger partial charge in [0, 0.05) is 19.8 Å². The van der Waals surface area contributed by atoms with Crippen molar-refractivity contribution >= 4 is 29.0 Å². The fraction of sp³-hybridized carbons (Fsp3) is 0.320. The molecule has 1 atom stereocenters. The summed E-state index contributed by atoms with van der Waals surface area (Å²) in [5, 5.41) is 5.08. The van der Waals surface area contributed by atoms with Gasteiger partial charge in [-0.3, -0.25) is 0 Å². The fourth-order valence-corrected chi connectivity index (χ4v) is 3.80. The maximum absolute atomic E-state index is 13.2. The minimum atomic E-state index is -0.699. The first-order chi connectivity index (χ1) is 15.4. The number of benzene rings is 2. The number of fused-ring (bicyclic) bond motifs is 1. The first kappa shape index (κ1) is 23.1. The van der Waals surface area contributed by atoms with Crippen LogP contribution in [0.4, 0.5) is 0 Å². The lowest BCUT2D eigenvalue weighted by molar-refractivity contribution is -0.139. The highest BCUT2D eigenvalue weighted by atomic mass is 16.5. The number of hydrogen-bond acceptors (Lipinski definition) is 6. The number of dihydropyridines is 1. The number of carbonyl (C=O) groups excluding carboxylic acids is 2. The van der Waals surface area contributed by atoms with E-state index in [9.17, 15) is 9.59 Å². The van der Waals surface area contributed by atoms with Crippen LogP contribution in [0.25, 0.3) is 10.8 Å². The second kappa shape index (κ2) is 10.1. The summed E-state index contributed by atoms with van der Waals surface area (Å²) in [7, 11) is 3.68. The minimum Gasteiger partial charge on any atom is -0.463 e. The van der Waals surface area contributed by atoms with Crippen LogP contribution in [0.5, 0.6) is 0 Å². The van der Waals surface area contributed by atoms with Crippen LogP contribution in [0.2, 0.25) is 0 Å². The van der Waals surface area contributed by atoms with Gasteiger partial charge < -0.3 is 19.7 Å². The Labute approximate surface area is 188 Å². The van der Waals surface area contributed by atoms with E-state index in [4.69, 9.17) is 9.47 Å². The van der Waals surface area contributed by atoms with Crippen LogP contribution in [0, 0.1) is 0 Å². The molecule has 3 rings (SSSR count). The van der Waals surface area contributed by atoms with Crippen molar-refractivity contribution in [2.24, 2.45) is 4.99 Å². The van der Waals surface area contributed by atoms with Gasteiger partial charge in [-0.2, -0.15) is 0 Å². The van der Waals surface area contributed by atoms with Crippen LogP contribution >= 0.6 is 0 Å². The molecule has 0 amide bonds. The summed E-state index contributed by atoms with van der Waals surface area (Å²) in [5.41, 5.74) is 2.04. The number of aliphatic imine (C=N–C) groups is 1. The van der Waals surface area contributed by atoms with Gasteiger partial charge in [0.15, 0.2) is 0 Å². The van der Waals surface area contributed by atoms with E-state index >= 15 is 0 Å². The molecule has 0 saturated carbocycles. The third-order valence-corrected chi connectivity index (χ3v) is 5.09. The van der Waals surface area contributed by atoms with Crippen molar-refractivity contribution in [3.8, 4) is 0 Å². The first-order valence-corrected chi connectivity index (χ1v) is 10.6. The molecule has 1 unspecified atom stereocenters. The zero-order valence-corrected chi connectivity index (χ0v) is 19.1. The molecule has 32 heavy (non-hydrogen) atoms. The van der Waals surface area contributed by atoms with Gasteiger partial charge in [-0.05, 0) is 37.1 Å². The number of allylic oxidation sites excluding steroid dienone is 1. The van der Waals surface area contributed by atoms with Gasteiger partial charge in [0.05, 0.1) is 36.6 Å². The van der Waals surface area contributed by atoms with Crippen LogP contribution in [-0.4, -0.2) is 50.5 Å². The molecule has 0 bridgehead atoms. The highest BCUT2D eigenvalue weighted by Crippen LogP contribution is 2.42. The molecule has 1 aliphatic heterocycles. The first-order valence-electron chi connectivity index (χ1n) is 10.6. The summed E-state index contributed by atoms with van der Waals surface area (Å²) in [6.07, 6.45) is 1.60. The molecule has 2 aromatic rings. The Kier molecular flexibility index (Phi) is 7.30. The van der Waals surface area contributed by atoms with Crippen molar-refractivity contribution in [2.75, 3.05) is 27.3 Å². The van der Waals surface area contributed by atoms with E-state index in [1.807, 2.05) is 56.6 Å². The molecule has 168 valence electrons. The summed E-state index contributed by atoms with van der Waals surface area (Å²) in [6.45, 7) is 5.72. The quantitative estimate of drug-likeness (QED) is 0.406. The van der Waals surface area contributed by atoms with E-state index in [1.54, 1.807) is 32.0 Å². The Morgan fingerprint density at radius 1 is 1.00 bits per heavy atom. The molecular weight excluding hydrogens is 406 g/mol. The van der Waals surface area contributed by atoms with Crippen LogP contribution in [0.15, 0.2) is 70.1 Å². The van der Waals surface area contributed by atoms with Crippen LogP contribution < -0.4 is 5.32 Å². The lowest BCUT2D eigenvalue weighted by atomic mass is 9.79. The van der Waals surface area contributed by atoms with Gasteiger partial charge in [-0.25, -0.2) is 14.6 Å². The molecule has 0 aromatic heterocycles. The van der Waals surface area contributed by atoms with Gasteiger partial charge in [0.1, 0.15) is 5.82 Å². The average Bonchev–Trinajstić information content (AvgIpc) is 2.76. The maximum atomic E-state index is 13.2. The predicted octanol–water partition coefficient (Wildman–Crippen LogP) is 3.73. The minimum absolute atomic E-state index is 0.201. The summed E-state index contributed by atoms with van der Waals surface area (Å²) in [6, 6.07) is 13.7. The molecule has 0 spiro atoms. The Bertz CT molecular complexity index is 1110. The topological polar surface area (TPSA) is 80.2 Å². The third kappa shape index (κ3) is 4.66. The molecule has 1 N–H and O–H groups in total. The standard InChI is InChI=1S/C25H29N3O4/c1-6-31-24(29)20-16(3)27-23(26-15-28(4)5)22(25(30)32-7-2)21(20)19-14-10-12-17-11-8-9-13-18(17)19/h8-15,21,27H,6-7H2,1-5H3. The van der Waals surface area contributed by atoms with E-state index in [2.05, 4.69) is 10.3 Å². The molecule has 1 aliphatic rings. The number of rotatable bonds is 7. The van der Waals surface area contributed by atoms with E-state index in [0.29, 0.717) is 17.1 Å². The number of hydrogen-bond donors (Lipinski definition) is 1. The Balaban J connectivity index is 2.34. The third-order valence-electron chi connectivity index (χ3n) is 5.09. The SMILES string of the molecule is CCOC(=O)C1=C(C)NC(N=CN(C)C)=C(C(=O)OCC)C1c1cccc2ccccc12.